The molecule has 2 N–H and O–H groups in total. The molecule has 23 heavy (non-hydrogen) atoms. The lowest BCUT2D eigenvalue weighted by molar-refractivity contribution is 0.300. The van der Waals surface area contributed by atoms with Crippen LogP contribution in [0.4, 0.5) is 0 Å². The van der Waals surface area contributed by atoms with Crippen LogP contribution >= 0.6 is 0 Å². The Bertz CT molecular complexity index is 867. The number of nitrogens with one attached hydrogen (secondary N) is 2. The molecule has 3 aromatic rings. The number of nitrogens with zero attached hydrogens (tertiary/aromatic N) is 4. The highest BCUT2D eigenvalue weighted by Gasteiger charge is 2.03. The molecule has 0 saturated heterocycles. The molecular weight excluding hydrogens is 300 g/mol. The van der Waals surface area contributed by atoms with Crippen molar-refractivity contribution in [2.45, 2.75) is 13.0 Å². The summed E-state index contributed by atoms with van der Waals surface area (Å²) in [5.41, 5.74) is 0.0250. The largest absolute Gasteiger partial charge is 0.494 e. The summed E-state index contributed by atoms with van der Waals surface area (Å²) in [7, 11) is 0. The van der Waals surface area contributed by atoms with Gasteiger partial charge in [0.05, 0.1) is 6.61 Å². The smallest absolute Gasteiger partial charge is 0.328 e. The predicted octanol–water partition coefficient (Wildman–Crippen LogP) is 0.186. The number of benzene rings is 1. The number of aromatic nitrogens is 6. The van der Waals surface area contributed by atoms with Crippen LogP contribution in [0.1, 0.15) is 6.42 Å². The number of H-pyrrole nitrogens is 2. The van der Waals surface area contributed by atoms with E-state index in [0.717, 1.165) is 5.56 Å². The molecule has 0 amide bonds. The van der Waals surface area contributed by atoms with Gasteiger partial charge in [-0.3, -0.25) is 9.78 Å². The van der Waals surface area contributed by atoms with E-state index in [9.17, 15) is 9.59 Å². The van der Waals surface area contributed by atoms with Gasteiger partial charge in [0.1, 0.15) is 5.75 Å². The second kappa shape index (κ2) is 6.69. The predicted molar refractivity (Wildman–Crippen MR) is 81.0 cm³/mol. The number of rotatable bonds is 6. The molecule has 0 unspecified atom stereocenters. The first kappa shape index (κ1) is 14.7. The van der Waals surface area contributed by atoms with Crippen LogP contribution in [0.15, 0.2) is 46.1 Å². The molecule has 2 heterocycles. The van der Waals surface area contributed by atoms with Gasteiger partial charge in [-0.15, -0.1) is 10.2 Å². The molecule has 0 saturated carbocycles. The quantitative estimate of drug-likeness (QED) is 0.627. The summed E-state index contributed by atoms with van der Waals surface area (Å²) in [5.74, 6) is 1.24. The Morgan fingerprint density at radius 3 is 2.65 bits per heavy atom. The third kappa shape index (κ3) is 3.70. The molecule has 0 fully saturated rings. The number of aromatic amines is 2. The van der Waals surface area contributed by atoms with Crippen LogP contribution < -0.4 is 16.0 Å². The standard InChI is InChI=1S/C14H14N6O3/c21-12-6-8-20(14(22)15-12)7-1-9-23-11-4-2-10(3-5-11)13-16-18-19-17-13/h2-6,8H,1,7,9H2,(H,15,21,22)(H,16,17,18,19). The van der Waals surface area contributed by atoms with Crippen LogP contribution in [0.5, 0.6) is 5.75 Å². The number of aryl methyl sites for hydroxylation is 1. The van der Waals surface area contributed by atoms with E-state index in [1.807, 2.05) is 24.3 Å². The molecular formula is C14H14N6O3. The Labute approximate surface area is 129 Å². The molecule has 0 aliphatic heterocycles. The molecule has 9 heteroatoms. The second-order valence-corrected chi connectivity index (χ2v) is 4.77. The van der Waals surface area contributed by atoms with Gasteiger partial charge in [-0.2, -0.15) is 5.21 Å². The maximum atomic E-state index is 11.5. The average molecular weight is 314 g/mol. The van der Waals surface area contributed by atoms with E-state index in [0.29, 0.717) is 31.1 Å². The van der Waals surface area contributed by atoms with Crippen molar-refractivity contribution in [3.05, 3.63) is 57.4 Å². The summed E-state index contributed by atoms with van der Waals surface area (Å²) in [6.45, 7) is 0.920. The van der Waals surface area contributed by atoms with Crippen molar-refractivity contribution in [3.63, 3.8) is 0 Å². The average Bonchev–Trinajstić information content (AvgIpc) is 3.08. The minimum Gasteiger partial charge on any atom is -0.494 e. The van der Waals surface area contributed by atoms with Gasteiger partial charge in [0.2, 0.25) is 5.82 Å². The SMILES string of the molecule is O=c1ccn(CCCOc2ccc(-c3nn[nH]n3)cc2)c(=O)[nH]1. The van der Waals surface area contributed by atoms with E-state index in [1.54, 1.807) is 0 Å². The van der Waals surface area contributed by atoms with Crippen LogP contribution in [0.2, 0.25) is 0 Å². The van der Waals surface area contributed by atoms with Gasteiger partial charge < -0.3 is 9.30 Å². The molecule has 2 aromatic heterocycles. The number of ether oxygens (including phenoxy) is 1. The van der Waals surface area contributed by atoms with Crippen LogP contribution in [0.3, 0.4) is 0 Å². The Morgan fingerprint density at radius 2 is 1.96 bits per heavy atom. The molecule has 0 aliphatic rings. The molecule has 0 aliphatic carbocycles. The van der Waals surface area contributed by atoms with Gasteiger partial charge in [-0.05, 0) is 35.9 Å². The Kier molecular flexibility index (Phi) is 4.27. The second-order valence-electron chi connectivity index (χ2n) is 4.77. The third-order valence-corrected chi connectivity index (χ3v) is 3.17. The van der Waals surface area contributed by atoms with Gasteiger partial charge >= 0.3 is 5.69 Å². The zero-order valence-corrected chi connectivity index (χ0v) is 12.1. The van der Waals surface area contributed by atoms with Crippen LogP contribution in [-0.4, -0.2) is 36.8 Å². The molecule has 9 nitrogen and oxygen atoms in total. The van der Waals surface area contributed by atoms with Crippen molar-refractivity contribution < 1.29 is 4.74 Å². The monoisotopic (exact) mass is 314 g/mol. The van der Waals surface area contributed by atoms with E-state index in [1.165, 1.54) is 16.8 Å². The lowest BCUT2D eigenvalue weighted by Gasteiger charge is -2.07. The zero-order chi connectivity index (χ0) is 16.1. The Hall–Kier alpha value is -3.23. The van der Waals surface area contributed by atoms with E-state index in [2.05, 4.69) is 25.6 Å². The van der Waals surface area contributed by atoms with Gasteiger partial charge in [-0.1, -0.05) is 0 Å². The minimum atomic E-state index is -0.415. The number of tetrazole rings is 1. The summed E-state index contributed by atoms with van der Waals surface area (Å²) in [4.78, 5) is 24.7. The fraction of sp³-hybridized carbons (Fsp3) is 0.214. The Balaban J connectivity index is 1.51. The minimum absolute atomic E-state index is 0.399. The summed E-state index contributed by atoms with van der Waals surface area (Å²) in [6.07, 6.45) is 2.11. The number of hydrogen-bond acceptors (Lipinski definition) is 6. The van der Waals surface area contributed by atoms with Crippen molar-refractivity contribution in [3.8, 4) is 17.1 Å². The van der Waals surface area contributed by atoms with Crippen LogP contribution in [0, 0.1) is 0 Å². The van der Waals surface area contributed by atoms with E-state index in [4.69, 9.17) is 4.74 Å². The Morgan fingerprint density at radius 1 is 1.13 bits per heavy atom. The fourth-order valence-electron chi connectivity index (χ4n) is 2.03. The first-order valence-electron chi connectivity index (χ1n) is 6.99. The van der Waals surface area contributed by atoms with Crippen molar-refractivity contribution in [2.24, 2.45) is 0 Å². The first-order valence-corrected chi connectivity index (χ1v) is 6.99. The van der Waals surface area contributed by atoms with Gasteiger partial charge in [0, 0.05) is 24.4 Å². The highest BCUT2D eigenvalue weighted by atomic mass is 16.5. The molecule has 0 atom stereocenters. The highest BCUT2D eigenvalue weighted by Crippen LogP contribution is 2.18. The molecule has 0 radical (unpaired) electrons. The summed E-state index contributed by atoms with van der Waals surface area (Å²) in [5, 5.41) is 13.7. The normalized spacial score (nSPS) is 10.6. The van der Waals surface area contributed by atoms with Crippen molar-refractivity contribution >= 4 is 0 Å². The third-order valence-electron chi connectivity index (χ3n) is 3.17. The number of hydrogen-bond donors (Lipinski definition) is 2. The lowest BCUT2D eigenvalue weighted by atomic mass is 10.2. The van der Waals surface area contributed by atoms with Crippen LogP contribution in [-0.2, 0) is 6.54 Å². The van der Waals surface area contributed by atoms with Crippen molar-refractivity contribution in [1.29, 1.82) is 0 Å². The molecule has 1 aromatic carbocycles. The van der Waals surface area contributed by atoms with E-state index in [-0.39, 0.29) is 0 Å². The molecule has 3 rings (SSSR count). The van der Waals surface area contributed by atoms with E-state index >= 15 is 0 Å². The maximum absolute atomic E-state index is 11.5. The summed E-state index contributed by atoms with van der Waals surface area (Å²) in [6, 6.07) is 8.63. The summed E-state index contributed by atoms with van der Waals surface area (Å²) >= 11 is 0. The molecule has 0 spiro atoms. The van der Waals surface area contributed by atoms with Crippen molar-refractivity contribution in [1.82, 2.24) is 30.2 Å². The summed E-state index contributed by atoms with van der Waals surface area (Å²) < 4.78 is 7.05. The zero-order valence-electron chi connectivity index (χ0n) is 12.1. The molecule has 118 valence electrons. The van der Waals surface area contributed by atoms with Crippen molar-refractivity contribution in [2.75, 3.05) is 6.61 Å². The van der Waals surface area contributed by atoms with Gasteiger partial charge in [-0.25, -0.2) is 4.79 Å². The first-order chi connectivity index (χ1) is 11.2. The fourth-order valence-corrected chi connectivity index (χ4v) is 2.03. The topological polar surface area (TPSA) is 119 Å². The van der Waals surface area contributed by atoms with Crippen LogP contribution in [0.25, 0.3) is 11.4 Å². The highest BCUT2D eigenvalue weighted by molar-refractivity contribution is 5.54. The lowest BCUT2D eigenvalue weighted by Crippen LogP contribution is -2.29. The maximum Gasteiger partial charge on any atom is 0.328 e. The van der Waals surface area contributed by atoms with Gasteiger partial charge in [0.15, 0.2) is 0 Å². The van der Waals surface area contributed by atoms with E-state index < -0.39 is 11.2 Å². The van der Waals surface area contributed by atoms with Gasteiger partial charge in [0.25, 0.3) is 5.56 Å². The molecule has 0 bridgehead atoms.